The Morgan fingerprint density at radius 3 is 1.03 bits per heavy atom. The van der Waals surface area contributed by atoms with Gasteiger partial charge in [0.05, 0.1) is 24.0 Å². The smallest absolute Gasteiger partial charge is 0.306 e. The van der Waals surface area contributed by atoms with Crippen molar-refractivity contribution in [1.29, 1.82) is 0 Å². The average molecular weight is 1120 g/mol. The van der Waals surface area contributed by atoms with Gasteiger partial charge in [-0.05, 0) is 153 Å². The quantitative estimate of drug-likeness (QED) is 0.101. The topological polar surface area (TPSA) is 121 Å². The van der Waals surface area contributed by atoms with Crippen LogP contribution in [0.1, 0.15) is 215 Å². The van der Waals surface area contributed by atoms with Crippen molar-refractivity contribution < 1.29 is 55.2 Å². The summed E-state index contributed by atoms with van der Waals surface area (Å²) in [5.74, 6) is 9.02. The van der Waals surface area contributed by atoms with Crippen molar-refractivity contribution in [3.05, 3.63) is 0 Å². The summed E-state index contributed by atoms with van der Waals surface area (Å²) in [6.07, 6.45) is 20.2. The molecule has 0 radical (unpaired) electrons. The first kappa shape index (κ1) is 69.5. The molecule has 0 bridgehead atoms. The van der Waals surface area contributed by atoms with Crippen molar-refractivity contribution >= 4 is 38.0 Å². The van der Waals surface area contributed by atoms with Gasteiger partial charge in [0.15, 0.2) is 0 Å². The van der Waals surface area contributed by atoms with Crippen LogP contribution in [0.25, 0.3) is 0 Å². The molecule has 7 nitrogen and oxygen atoms in total. The Morgan fingerprint density at radius 2 is 0.773 bits per heavy atom. The number of epoxide rings is 1. The third kappa shape index (κ3) is 22.6. The Kier molecular flexibility index (Phi) is 35.6. The maximum absolute atomic E-state index is 11.0. The molecule has 6 rings (SSSR count). The van der Waals surface area contributed by atoms with Crippen molar-refractivity contribution in [3.63, 3.8) is 0 Å². The number of thiol groups is 1. The van der Waals surface area contributed by atoms with E-state index in [0.29, 0.717) is 76.6 Å². The molecule has 6 fully saturated rings. The van der Waals surface area contributed by atoms with E-state index in [9.17, 15) is 19.2 Å². The third-order valence-corrected chi connectivity index (χ3v) is 16.8. The van der Waals surface area contributed by atoms with E-state index in [2.05, 4.69) is 104 Å². The molecule has 1 spiro atoms. The molecule has 0 aromatic heterocycles. The second kappa shape index (κ2) is 33.8. The van der Waals surface area contributed by atoms with Crippen LogP contribution in [0.5, 0.6) is 0 Å². The Bertz CT molecular complexity index is 1240. The molecule has 1 saturated heterocycles. The fourth-order valence-electron chi connectivity index (χ4n) is 12.8. The van der Waals surface area contributed by atoms with Crippen LogP contribution in [-0.4, -0.2) is 46.9 Å². The number of rotatable bonds is 9. The van der Waals surface area contributed by atoms with Crippen molar-refractivity contribution in [1.82, 2.24) is 0 Å². The number of carbonyl (C=O) groups is 4. The van der Waals surface area contributed by atoms with Crippen molar-refractivity contribution in [2.75, 3.05) is 6.61 Å². The van der Waals surface area contributed by atoms with E-state index in [0.717, 1.165) is 74.7 Å². The average Bonchev–Trinajstić information content (AvgIpc) is 3.96. The minimum absolute atomic E-state index is 0. The van der Waals surface area contributed by atoms with Gasteiger partial charge in [-0.15, -0.1) is 0 Å². The van der Waals surface area contributed by atoms with Crippen molar-refractivity contribution in [2.45, 2.75) is 221 Å². The molecule has 9 heteroatoms. The first-order chi connectivity index (χ1) is 29.0. The minimum atomic E-state index is -0.592. The zero-order valence-corrected chi connectivity index (χ0v) is 47.6. The maximum Gasteiger partial charge on any atom is 0.306 e. The Labute approximate surface area is 430 Å². The largest absolute Gasteiger partial charge is 0.813 e. The molecular formula is C57H109O7SW-. The zero-order valence-electron chi connectivity index (χ0n) is 43.7. The van der Waals surface area contributed by atoms with Gasteiger partial charge in [0, 0.05) is 32.9 Å². The van der Waals surface area contributed by atoms with Gasteiger partial charge < -0.3 is 38.0 Å². The molecule has 1 heterocycles. The molecular weight excluding hydrogens is 1010 g/mol. The van der Waals surface area contributed by atoms with E-state index in [1.54, 1.807) is 0 Å². The molecule has 15 atom stereocenters. The third-order valence-electron chi connectivity index (χ3n) is 16.8. The van der Waals surface area contributed by atoms with Crippen LogP contribution in [0, 0.1) is 112 Å². The van der Waals surface area contributed by atoms with Crippen molar-refractivity contribution in [2.24, 2.45) is 112 Å². The van der Waals surface area contributed by atoms with E-state index in [-0.39, 0.29) is 61.3 Å². The summed E-state index contributed by atoms with van der Waals surface area (Å²) < 4.78 is 5.68. The van der Waals surface area contributed by atoms with Gasteiger partial charge in [0.1, 0.15) is 12.6 Å². The molecule has 6 aliphatic rings. The number of aliphatic carboxylic acids is 2. The molecule has 5 saturated carbocycles. The van der Waals surface area contributed by atoms with Crippen LogP contribution < -0.4 is 0 Å². The van der Waals surface area contributed by atoms with E-state index in [4.69, 9.17) is 14.9 Å². The van der Waals surface area contributed by atoms with Crippen LogP contribution >= 0.6 is 0 Å². The Morgan fingerprint density at radius 1 is 0.485 bits per heavy atom. The van der Waals surface area contributed by atoms with Crippen molar-refractivity contribution in [3.8, 4) is 0 Å². The number of carbonyl (C=O) groups excluding carboxylic acids is 2. The first-order valence-electron chi connectivity index (χ1n) is 26.0. The zero-order chi connectivity index (χ0) is 47.1. The number of carboxylic acids is 2. The summed E-state index contributed by atoms with van der Waals surface area (Å²) in [4.78, 5) is 43.7. The summed E-state index contributed by atoms with van der Waals surface area (Å²) in [7, 11) is 0. The van der Waals surface area contributed by atoms with Crippen LogP contribution in [0.3, 0.4) is 0 Å². The van der Waals surface area contributed by atoms with E-state index < -0.39 is 11.9 Å². The summed E-state index contributed by atoms with van der Waals surface area (Å²) in [6.45, 7) is 34.4. The number of hydrogen-bond acceptors (Lipinski definition) is 6. The molecule has 0 aromatic rings. The van der Waals surface area contributed by atoms with Crippen LogP contribution in [0.15, 0.2) is 0 Å². The van der Waals surface area contributed by atoms with E-state index in [1.807, 2.05) is 0 Å². The van der Waals surface area contributed by atoms with Gasteiger partial charge in [0.25, 0.3) is 0 Å². The summed E-state index contributed by atoms with van der Waals surface area (Å²) >= 11 is 0. The van der Waals surface area contributed by atoms with Crippen LogP contribution in [0.2, 0.25) is 0 Å². The molecule has 0 unspecified atom stereocenters. The maximum atomic E-state index is 11.0. The molecule has 2 N–H and O–H groups in total. The molecule has 0 aromatic carbocycles. The predicted molar refractivity (Wildman–Crippen MR) is 279 cm³/mol. The molecule has 392 valence electrons. The van der Waals surface area contributed by atoms with Gasteiger partial charge >= 0.3 is 11.9 Å². The Balaban J connectivity index is -0.000000741. The first-order valence-corrected chi connectivity index (χ1v) is 26.0. The van der Waals surface area contributed by atoms with Gasteiger partial charge in [-0.25, -0.2) is 0 Å². The molecule has 1 aliphatic heterocycles. The summed E-state index contributed by atoms with van der Waals surface area (Å²) in [6, 6.07) is 0. The van der Waals surface area contributed by atoms with Crippen LogP contribution in [0.4, 0.5) is 0 Å². The monoisotopic (exact) mass is 1120 g/mol. The summed E-state index contributed by atoms with van der Waals surface area (Å²) in [5.41, 5.74) is 0.339. The molecule has 5 aliphatic carbocycles. The number of ether oxygens (including phenoxy) is 1. The van der Waals surface area contributed by atoms with E-state index in [1.165, 1.54) is 70.4 Å². The minimum Gasteiger partial charge on any atom is -0.813 e. The fourth-order valence-corrected chi connectivity index (χ4v) is 12.8. The van der Waals surface area contributed by atoms with Gasteiger partial charge in [-0.3, -0.25) is 9.59 Å². The number of aldehydes is 2. The standard InChI is InChI=1S/2C11H20O2.3C11H20O.2CH4.H2S.W/c2*1-7(2)9-5-4-8(3)6-10(9)11(12)13;1-8(2)10-5-4-9(3)6-11(10)7-12-11;2*1-8(2)11-5-4-9(3)6-10(11)7-12;;;;/h2*7-10H,4-6H2,1-3H3,(H,12,13);8-10H,4-7H2,1-3H3;2*7-11H,4-6H2,1-3H3;2*1H4;1H2;/p-1/t8-,9+,10+;8-,9+,10-;9-,10+,11-;9-,10+,11+;9-,10-,11+;;;;/m11111..../s1. The predicted octanol–water partition coefficient (Wildman–Crippen LogP) is 15.2. The van der Waals surface area contributed by atoms with Gasteiger partial charge in [0.2, 0.25) is 0 Å². The SMILES string of the molecule is C.C.CC(C)[C@@H]1CC[C@@H](C)C[C@@H]1C(=O)O.CC(C)[C@@H]1CC[C@@H](C)C[C@@H]1C=O.CC(C)[C@@H]1CC[C@@H](C)C[C@@]12CO2.CC(C)[C@@H]1CC[C@@H](C)C[C@H]1C(=O)O.CC(C)[C@@H]1CC[C@@H](C)C[C@H]1C=O.[SH-].[W]. The normalized spacial score (nSPS) is 35.7. The molecule has 66 heavy (non-hydrogen) atoms. The summed E-state index contributed by atoms with van der Waals surface area (Å²) in [5, 5.41) is 18.2. The second-order valence-electron chi connectivity index (χ2n) is 23.9. The molecule has 0 amide bonds. The van der Waals surface area contributed by atoms with Crippen LogP contribution in [-0.2, 0) is 58.5 Å². The Hall–Kier alpha value is -0.722. The fraction of sp³-hybridized carbons (Fsp3) is 0.930. The van der Waals surface area contributed by atoms with E-state index >= 15 is 0 Å². The van der Waals surface area contributed by atoms with Gasteiger partial charge in [-0.2, -0.15) is 0 Å². The number of hydrogen-bond donors (Lipinski definition) is 2. The number of carboxylic acid groups (broad SMARTS) is 2. The second-order valence-corrected chi connectivity index (χ2v) is 23.9. The van der Waals surface area contributed by atoms with Gasteiger partial charge in [-0.1, -0.05) is 151 Å².